The topological polar surface area (TPSA) is 22.0 Å². The van der Waals surface area contributed by atoms with Gasteiger partial charge >= 0.3 is 0 Å². The van der Waals surface area contributed by atoms with E-state index >= 15 is 0 Å². The summed E-state index contributed by atoms with van der Waals surface area (Å²) < 4.78 is 1.63. The summed E-state index contributed by atoms with van der Waals surface area (Å²) in [5.74, 6) is 0. The molecule has 0 aliphatic rings. The zero-order chi connectivity index (χ0) is 11.5. The van der Waals surface area contributed by atoms with Crippen molar-refractivity contribution >= 4 is 0 Å². The molecule has 1 radical (unpaired) electrons. The van der Waals surface area contributed by atoms with Gasteiger partial charge in [0.1, 0.15) is 0 Å². The van der Waals surface area contributed by atoms with Crippen molar-refractivity contribution in [1.29, 1.82) is 0 Å². The van der Waals surface area contributed by atoms with E-state index in [1.54, 1.807) is 17.7 Å². The van der Waals surface area contributed by atoms with E-state index in [-0.39, 0.29) is 38.3 Å². The molecule has 2 aromatic rings. The molecule has 1 aromatic heterocycles. The van der Waals surface area contributed by atoms with Crippen LogP contribution < -0.4 is 5.56 Å². The number of hydrogen-bond donors (Lipinski definition) is 0. The number of pyridine rings is 1. The van der Waals surface area contributed by atoms with Crippen LogP contribution in [0.1, 0.15) is 12.5 Å². The maximum atomic E-state index is 11.6. The molecule has 0 atom stereocenters. The van der Waals surface area contributed by atoms with Crippen molar-refractivity contribution < 1.29 is 32.7 Å². The monoisotopic (exact) mass is 301 g/mol. The van der Waals surface area contributed by atoms with Crippen LogP contribution in [0.2, 0.25) is 0 Å². The van der Waals surface area contributed by atoms with E-state index in [9.17, 15) is 4.79 Å². The van der Waals surface area contributed by atoms with Gasteiger partial charge in [-0.25, -0.2) is 0 Å². The number of nitrogens with zero attached hydrogens (tertiary/aromatic N) is 1. The maximum Gasteiger partial charge on any atom is 0.194 e. The molecular formula is C14H14NOY-. The summed E-state index contributed by atoms with van der Waals surface area (Å²) in [5.41, 5.74) is 3.18. The predicted octanol–water partition coefficient (Wildman–Crippen LogP) is 2.41. The largest absolute Gasteiger partial charge is 0.345 e. The Kier molecular flexibility index (Phi) is 5.29. The van der Waals surface area contributed by atoms with E-state index in [2.05, 4.69) is 19.1 Å². The van der Waals surface area contributed by atoms with Gasteiger partial charge in [0.25, 0.3) is 0 Å². The van der Waals surface area contributed by atoms with Crippen LogP contribution in [-0.2, 0) is 46.2 Å². The van der Waals surface area contributed by atoms with Crippen molar-refractivity contribution in [2.45, 2.75) is 13.3 Å². The molecule has 0 amide bonds. The molecule has 1 aromatic carbocycles. The fourth-order valence-electron chi connectivity index (χ4n) is 1.83. The Morgan fingerprint density at radius 3 is 2.65 bits per heavy atom. The molecule has 0 saturated heterocycles. The summed E-state index contributed by atoms with van der Waals surface area (Å²) in [7, 11) is 1.78. The predicted molar refractivity (Wildman–Crippen MR) is 65.3 cm³/mol. The fourth-order valence-corrected chi connectivity index (χ4v) is 1.83. The average molecular weight is 301 g/mol. The Bertz CT molecular complexity index is 560. The first kappa shape index (κ1) is 14.3. The molecule has 2 nitrogen and oxygen atoms in total. The van der Waals surface area contributed by atoms with Gasteiger partial charge in [-0.15, -0.1) is 6.07 Å². The summed E-state index contributed by atoms with van der Waals surface area (Å²) in [6, 6.07) is 14.5. The van der Waals surface area contributed by atoms with Gasteiger partial charge in [-0.3, -0.25) is 4.79 Å². The summed E-state index contributed by atoms with van der Waals surface area (Å²) >= 11 is 0. The van der Waals surface area contributed by atoms with Gasteiger partial charge in [0.2, 0.25) is 0 Å². The number of benzene rings is 1. The molecule has 2 rings (SSSR count). The van der Waals surface area contributed by atoms with Gasteiger partial charge in [-0.1, -0.05) is 48.0 Å². The smallest absolute Gasteiger partial charge is 0.194 e. The second-order valence-electron chi connectivity index (χ2n) is 3.73. The van der Waals surface area contributed by atoms with Crippen molar-refractivity contribution in [3.63, 3.8) is 0 Å². The third-order valence-corrected chi connectivity index (χ3v) is 2.77. The maximum absolute atomic E-state index is 11.6. The van der Waals surface area contributed by atoms with Crippen LogP contribution in [0.25, 0.3) is 11.3 Å². The standard InChI is InChI=1S/C14H14NO.Y/c1-3-11-7-4-5-8-12(11)13-9-6-10-14(16)15(13)2;/h4-8,10H,3H2,1-2H3;/q-1;. The second-order valence-corrected chi connectivity index (χ2v) is 3.73. The third kappa shape index (κ3) is 2.94. The molecule has 0 bridgehead atoms. The zero-order valence-corrected chi connectivity index (χ0v) is 12.9. The van der Waals surface area contributed by atoms with Crippen LogP contribution in [0, 0.1) is 6.07 Å². The third-order valence-electron chi connectivity index (χ3n) is 2.77. The van der Waals surface area contributed by atoms with Crippen LogP contribution >= 0.6 is 0 Å². The molecule has 0 unspecified atom stereocenters. The second kappa shape index (κ2) is 6.27. The van der Waals surface area contributed by atoms with E-state index in [0.717, 1.165) is 17.7 Å². The van der Waals surface area contributed by atoms with E-state index in [1.165, 1.54) is 11.6 Å². The van der Waals surface area contributed by atoms with Gasteiger partial charge in [-0.2, -0.15) is 12.1 Å². The molecule has 85 valence electrons. The van der Waals surface area contributed by atoms with Crippen molar-refractivity contribution in [2.75, 3.05) is 0 Å². The zero-order valence-electron chi connectivity index (χ0n) is 10.1. The minimum Gasteiger partial charge on any atom is -0.345 e. The number of rotatable bonds is 2. The minimum absolute atomic E-state index is 0. The van der Waals surface area contributed by atoms with Crippen molar-refractivity contribution in [3.05, 3.63) is 58.4 Å². The molecule has 0 fully saturated rings. The Morgan fingerprint density at radius 2 is 1.94 bits per heavy atom. The number of aromatic nitrogens is 1. The van der Waals surface area contributed by atoms with E-state index in [0.29, 0.717) is 0 Å². The molecule has 0 aliphatic carbocycles. The number of aryl methyl sites for hydroxylation is 1. The van der Waals surface area contributed by atoms with Gasteiger partial charge in [0, 0.05) is 39.8 Å². The first-order chi connectivity index (χ1) is 7.74. The molecule has 1 heterocycles. The molecule has 0 N–H and O–H groups in total. The van der Waals surface area contributed by atoms with Gasteiger partial charge < -0.3 is 4.57 Å². The summed E-state index contributed by atoms with van der Waals surface area (Å²) in [5, 5.41) is 0. The Hall–Kier alpha value is -0.726. The molecule has 17 heavy (non-hydrogen) atoms. The van der Waals surface area contributed by atoms with E-state index in [1.807, 2.05) is 18.2 Å². The molecular weight excluding hydrogens is 287 g/mol. The summed E-state index contributed by atoms with van der Waals surface area (Å²) in [4.78, 5) is 11.6. The van der Waals surface area contributed by atoms with Crippen molar-refractivity contribution in [2.24, 2.45) is 7.05 Å². The van der Waals surface area contributed by atoms with E-state index < -0.39 is 0 Å². The van der Waals surface area contributed by atoms with Gasteiger partial charge in [0.15, 0.2) is 5.56 Å². The molecule has 0 spiro atoms. The van der Waals surface area contributed by atoms with Crippen LogP contribution in [0.4, 0.5) is 0 Å². The van der Waals surface area contributed by atoms with Gasteiger partial charge in [-0.05, 0) is 6.42 Å². The normalized spacial score (nSPS) is 9.76. The van der Waals surface area contributed by atoms with E-state index in [4.69, 9.17) is 0 Å². The first-order valence-electron chi connectivity index (χ1n) is 5.40. The summed E-state index contributed by atoms with van der Waals surface area (Å²) in [6.07, 6.45) is 0.951. The average Bonchev–Trinajstić information content (AvgIpc) is 2.33. The van der Waals surface area contributed by atoms with Crippen molar-refractivity contribution in [3.8, 4) is 11.3 Å². The Morgan fingerprint density at radius 1 is 1.24 bits per heavy atom. The van der Waals surface area contributed by atoms with Crippen molar-refractivity contribution in [1.82, 2.24) is 4.57 Å². The first-order valence-corrected chi connectivity index (χ1v) is 5.40. The van der Waals surface area contributed by atoms with Crippen LogP contribution in [0.5, 0.6) is 0 Å². The van der Waals surface area contributed by atoms with Crippen LogP contribution in [0.3, 0.4) is 0 Å². The summed E-state index contributed by atoms with van der Waals surface area (Å²) in [6.45, 7) is 2.11. The molecule has 3 heteroatoms. The van der Waals surface area contributed by atoms with Crippen LogP contribution in [0.15, 0.2) is 41.2 Å². The fraction of sp³-hybridized carbons (Fsp3) is 0.214. The van der Waals surface area contributed by atoms with Gasteiger partial charge in [0.05, 0.1) is 0 Å². The Balaban J connectivity index is 0.00000144. The minimum atomic E-state index is -0.000318. The Labute approximate surface area is 127 Å². The molecule has 0 saturated carbocycles. The molecule has 0 aliphatic heterocycles. The number of hydrogen-bond acceptors (Lipinski definition) is 1. The SMILES string of the molecule is CCc1ccccc1-c1[c-]ccc(=O)n1C.[Y]. The van der Waals surface area contributed by atoms with Crippen LogP contribution in [-0.4, -0.2) is 4.57 Å². The quantitative estimate of drug-likeness (QED) is 0.781.